The van der Waals surface area contributed by atoms with Crippen LogP contribution < -0.4 is 14.2 Å². The van der Waals surface area contributed by atoms with Crippen molar-refractivity contribution in [3.05, 3.63) is 77.4 Å². The lowest BCUT2D eigenvalue weighted by molar-refractivity contribution is 0.0689. The van der Waals surface area contributed by atoms with Crippen molar-refractivity contribution < 1.29 is 19.0 Å². The number of amidine groups is 1. The number of para-hydroxylation sites is 1. The summed E-state index contributed by atoms with van der Waals surface area (Å²) in [5.74, 6) is 3.56. The number of amides is 1. The highest BCUT2D eigenvalue weighted by Crippen LogP contribution is 2.40. The Morgan fingerprint density at radius 2 is 1.71 bits per heavy atom. The van der Waals surface area contributed by atoms with Gasteiger partial charge in [0.15, 0.2) is 5.75 Å². The van der Waals surface area contributed by atoms with Crippen LogP contribution in [0, 0.1) is 6.92 Å². The monoisotopic (exact) mass is 457 g/mol. The molecule has 0 spiro atoms. The van der Waals surface area contributed by atoms with E-state index in [9.17, 15) is 4.79 Å². The normalized spacial score (nSPS) is 14.9. The van der Waals surface area contributed by atoms with E-state index in [0.717, 1.165) is 34.1 Å². The standard InChI is InChI=1S/C27H27N3O4/c1-18-8-11-22-25(16-18)34-24-17-19(32-2)9-10-20(24)26(28-22)29-12-14-30(15-13-29)27(31)21-6-4-5-7-23(21)33-3/h4-11,16-17H,12-15H2,1-3H3. The van der Waals surface area contributed by atoms with Crippen molar-refractivity contribution in [1.29, 1.82) is 0 Å². The smallest absolute Gasteiger partial charge is 0.257 e. The third kappa shape index (κ3) is 4.05. The molecule has 2 aliphatic heterocycles. The predicted molar refractivity (Wildman–Crippen MR) is 131 cm³/mol. The van der Waals surface area contributed by atoms with Crippen molar-refractivity contribution in [2.75, 3.05) is 40.4 Å². The van der Waals surface area contributed by atoms with Crippen LogP contribution in [0.1, 0.15) is 21.5 Å². The van der Waals surface area contributed by atoms with Gasteiger partial charge in [-0.1, -0.05) is 18.2 Å². The number of carbonyl (C=O) groups excluding carboxylic acids is 1. The molecule has 5 rings (SSSR count). The van der Waals surface area contributed by atoms with Crippen LogP contribution in [0.4, 0.5) is 5.69 Å². The van der Waals surface area contributed by atoms with E-state index in [1.165, 1.54) is 0 Å². The maximum absolute atomic E-state index is 13.1. The van der Waals surface area contributed by atoms with Gasteiger partial charge < -0.3 is 24.0 Å². The van der Waals surface area contributed by atoms with Crippen molar-refractivity contribution in [1.82, 2.24) is 9.80 Å². The van der Waals surface area contributed by atoms with Gasteiger partial charge in [-0.05, 0) is 48.9 Å². The first-order chi connectivity index (χ1) is 16.6. The zero-order valence-electron chi connectivity index (χ0n) is 19.6. The minimum Gasteiger partial charge on any atom is -0.497 e. The van der Waals surface area contributed by atoms with E-state index in [0.29, 0.717) is 43.2 Å². The summed E-state index contributed by atoms with van der Waals surface area (Å²) in [4.78, 5) is 22.2. The van der Waals surface area contributed by atoms with Gasteiger partial charge in [0.05, 0.1) is 25.3 Å². The van der Waals surface area contributed by atoms with Crippen molar-refractivity contribution in [2.45, 2.75) is 6.92 Å². The highest BCUT2D eigenvalue weighted by Gasteiger charge is 2.29. The van der Waals surface area contributed by atoms with Crippen LogP contribution in [0.15, 0.2) is 65.7 Å². The number of benzene rings is 3. The predicted octanol–water partition coefficient (Wildman–Crippen LogP) is 4.65. The zero-order valence-corrected chi connectivity index (χ0v) is 19.6. The second kappa shape index (κ2) is 9.09. The molecule has 1 fully saturated rings. The fourth-order valence-electron chi connectivity index (χ4n) is 4.34. The lowest BCUT2D eigenvalue weighted by atomic mass is 10.1. The van der Waals surface area contributed by atoms with Gasteiger partial charge in [0.1, 0.15) is 28.8 Å². The summed E-state index contributed by atoms with van der Waals surface area (Å²) >= 11 is 0. The first-order valence-corrected chi connectivity index (χ1v) is 11.3. The molecule has 0 bridgehead atoms. The molecule has 7 heteroatoms. The average Bonchev–Trinajstić information content (AvgIpc) is 3.04. The van der Waals surface area contributed by atoms with E-state index in [-0.39, 0.29) is 5.91 Å². The van der Waals surface area contributed by atoms with Crippen molar-refractivity contribution in [3.63, 3.8) is 0 Å². The molecule has 3 aromatic carbocycles. The number of carbonyl (C=O) groups is 1. The molecular weight excluding hydrogens is 430 g/mol. The van der Waals surface area contributed by atoms with E-state index in [2.05, 4.69) is 4.90 Å². The number of fused-ring (bicyclic) bond motifs is 2. The summed E-state index contributed by atoms with van der Waals surface area (Å²) < 4.78 is 17.1. The van der Waals surface area contributed by atoms with E-state index in [1.807, 2.05) is 72.5 Å². The molecule has 0 N–H and O–H groups in total. The number of hydrogen-bond donors (Lipinski definition) is 0. The van der Waals surface area contributed by atoms with Crippen LogP contribution in [-0.4, -0.2) is 61.9 Å². The van der Waals surface area contributed by atoms with E-state index in [1.54, 1.807) is 14.2 Å². The molecule has 3 aromatic rings. The number of hydrogen-bond acceptors (Lipinski definition) is 6. The number of aryl methyl sites for hydroxylation is 1. The van der Waals surface area contributed by atoms with Gasteiger partial charge in [-0.25, -0.2) is 4.99 Å². The minimum absolute atomic E-state index is 0.0193. The molecular formula is C27H27N3O4. The fraction of sp³-hybridized carbons (Fsp3) is 0.259. The van der Waals surface area contributed by atoms with Crippen LogP contribution in [0.3, 0.4) is 0 Å². The van der Waals surface area contributed by atoms with Gasteiger partial charge in [-0.15, -0.1) is 0 Å². The highest BCUT2D eigenvalue weighted by molar-refractivity contribution is 6.04. The number of methoxy groups -OCH3 is 2. The van der Waals surface area contributed by atoms with Crippen LogP contribution >= 0.6 is 0 Å². The van der Waals surface area contributed by atoms with E-state index < -0.39 is 0 Å². The molecule has 0 aliphatic carbocycles. The van der Waals surface area contributed by atoms with Gasteiger partial charge in [0, 0.05) is 32.2 Å². The minimum atomic E-state index is -0.0193. The lowest BCUT2D eigenvalue weighted by Crippen LogP contribution is -2.50. The Kier molecular flexibility index (Phi) is 5.84. The average molecular weight is 458 g/mol. The SMILES string of the molecule is COc1ccc2c(c1)Oc1cc(C)ccc1N=C2N1CCN(C(=O)c2ccccc2OC)CC1. The Hall–Kier alpha value is -4.00. The van der Waals surface area contributed by atoms with Crippen molar-refractivity contribution in [2.24, 2.45) is 4.99 Å². The first kappa shape index (κ1) is 21.8. The second-order valence-electron chi connectivity index (χ2n) is 8.35. The van der Waals surface area contributed by atoms with Crippen molar-refractivity contribution >= 4 is 17.4 Å². The Balaban J connectivity index is 1.43. The number of ether oxygens (including phenoxy) is 3. The van der Waals surface area contributed by atoms with Gasteiger partial charge in [0.2, 0.25) is 0 Å². The molecule has 0 saturated carbocycles. The molecule has 34 heavy (non-hydrogen) atoms. The number of aliphatic imine (C=N–C) groups is 1. The molecule has 0 radical (unpaired) electrons. The quantitative estimate of drug-likeness (QED) is 0.573. The fourth-order valence-corrected chi connectivity index (χ4v) is 4.34. The lowest BCUT2D eigenvalue weighted by Gasteiger charge is -2.36. The van der Waals surface area contributed by atoms with Crippen LogP contribution in [0.5, 0.6) is 23.0 Å². The molecule has 0 atom stereocenters. The summed E-state index contributed by atoms with van der Waals surface area (Å²) in [6.45, 7) is 4.52. The molecule has 1 amide bonds. The van der Waals surface area contributed by atoms with Crippen molar-refractivity contribution in [3.8, 4) is 23.0 Å². The first-order valence-electron chi connectivity index (χ1n) is 11.3. The van der Waals surface area contributed by atoms with E-state index in [4.69, 9.17) is 19.2 Å². The summed E-state index contributed by atoms with van der Waals surface area (Å²) in [5.41, 5.74) is 3.37. The second-order valence-corrected chi connectivity index (χ2v) is 8.35. The summed E-state index contributed by atoms with van der Waals surface area (Å²) in [6, 6.07) is 19.1. The summed E-state index contributed by atoms with van der Waals surface area (Å²) in [7, 11) is 3.23. The zero-order chi connectivity index (χ0) is 23.7. The molecule has 2 heterocycles. The highest BCUT2D eigenvalue weighted by atomic mass is 16.5. The Morgan fingerprint density at radius 3 is 2.47 bits per heavy atom. The molecule has 1 saturated heterocycles. The Labute approximate surface area is 199 Å². The third-order valence-corrected chi connectivity index (χ3v) is 6.20. The van der Waals surface area contributed by atoms with Gasteiger partial charge >= 0.3 is 0 Å². The number of nitrogens with zero attached hydrogens (tertiary/aromatic N) is 3. The molecule has 0 aromatic heterocycles. The molecule has 7 nitrogen and oxygen atoms in total. The van der Waals surface area contributed by atoms with Gasteiger partial charge in [0.25, 0.3) is 5.91 Å². The molecule has 2 aliphatic rings. The maximum atomic E-state index is 13.1. The van der Waals surface area contributed by atoms with E-state index >= 15 is 0 Å². The van der Waals surface area contributed by atoms with Gasteiger partial charge in [-0.2, -0.15) is 0 Å². The van der Waals surface area contributed by atoms with Crippen LogP contribution in [0.2, 0.25) is 0 Å². The summed E-state index contributed by atoms with van der Waals surface area (Å²) in [5, 5.41) is 0. The maximum Gasteiger partial charge on any atom is 0.257 e. The largest absolute Gasteiger partial charge is 0.497 e. The Morgan fingerprint density at radius 1 is 0.912 bits per heavy atom. The number of piperazine rings is 1. The summed E-state index contributed by atoms with van der Waals surface area (Å²) in [6.07, 6.45) is 0. The Bertz CT molecular complexity index is 1260. The van der Waals surface area contributed by atoms with Crippen LogP contribution in [-0.2, 0) is 0 Å². The van der Waals surface area contributed by atoms with Crippen LogP contribution in [0.25, 0.3) is 0 Å². The molecule has 0 unspecified atom stereocenters. The number of rotatable bonds is 3. The topological polar surface area (TPSA) is 63.6 Å². The van der Waals surface area contributed by atoms with Gasteiger partial charge in [-0.3, -0.25) is 4.79 Å². The molecule has 174 valence electrons. The third-order valence-electron chi connectivity index (χ3n) is 6.20.